The number of aliphatic carboxylic acids is 1. The fourth-order valence-corrected chi connectivity index (χ4v) is 5.67. The third-order valence-corrected chi connectivity index (χ3v) is 8.45. The maximum atomic E-state index is 13.6. The molecule has 56 heavy (non-hydrogen) atoms. The topological polar surface area (TPSA) is 373 Å². The van der Waals surface area contributed by atoms with Crippen LogP contribution in [0.4, 0.5) is 0 Å². The SMILES string of the molecule is CC(C)C[C@H](NC(=O)[C@H](CC(C)C)NC(=O)[C@H](CCCN=C(N)N)NC(=O)[C@H](CO)NC(=O)CNC(=O)[C@H](CCCN=C(N)N)NC(=O)[C@@H]1CCCN1)C(=O)O. The van der Waals surface area contributed by atoms with E-state index >= 15 is 0 Å². The van der Waals surface area contributed by atoms with Crippen LogP contribution in [0.1, 0.15) is 79.1 Å². The van der Waals surface area contributed by atoms with Crippen molar-refractivity contribution in [3.05, 3.63) is 0 Å². The second-order valence-electron chi connectivity index (χ2n) is 14.4. The summed E-state index contributed by atoms with van der Waals surface area (Å²) in [6, 6.07) is -6.75. The molecular weight excluding hydrogens is 734 g/mol. The number of hydrogen-bond acceptors (Lipinski definition) is 11. The van der Waals surface area contributed by atoms with Crippen molar-refractivity contribution in [2.45, 2.75) is 115 Å². The van der Waals surface area contributed by atoms with Gasteiger partial charge in [-0.3, -0.25) is 38.8 Å². The van der Waals surface area contributed by atoms with E-state index in [0.717, 1.165) is 6.42 Å². The van der Waals surface area contributed by atoms with Crippen molar-refractivity contribution in [2.24, 2.45) is 44.8 Å². The number of carbonyl (C=O) groups excluding carboxylic acids is 6. The molecule has 1 aliphatic heterocycles. The molecule has 0 aliphatic carbocycles. The highest BCUT2D eigenvalue weighted by molar-refractivity contribution is 5.96. The number of nitrogens with two attached hydrogens (primary N) is 4. The quantitative estimate of drug-likeness (QED) is 0.0223. The Labute approximate surface area is 326 Å². The van der Waals surface area contributed by atoms with Crippen LogP contribution in [-0.2, 0) is 33.6 Å². The number of rotatable bonds is 26. The van der Waals surface area contributed by atoms with Crippen LogP contribution in [0.3, 0.4) is 0 Å². The zero-order valence-corrected chi connectivity index (χ0v) is 32.8. The van der Waals surface area contributed by atoms with E-state index in [1.54, 1.807) is 27.7 Å². The zero-order valence-electron chi connectivity index (χ0n) is 32.8. The molecule has 0 saturated carbocycles. The predicted molar refractivity (Wildman–Crippen MR) is 207 cm³/mol. The van der Waals surface area contributed by atoms with E-state index in [0.29, 0.717) is 19.4 Å². The number of aliphatic imine (C=N–C) groups is 2. The van der Waals surface area contributed by atoms with Gasteiger partial charge in [0.05, 0.1) is 19.2 Å². The second-order valence-corrected chi connectivity index (χ2v) is 14.4. The summed E-state index contributed by atoms with van der Waals surface area (Å²) in [5, 5.41) is 37.7. The van der Waals surface area contributed by atoms with Crippen molar-refractivity contribution >= 4 is 53.3 Å². The Balaban J connectivity index is 3.05. The predicted octanol–water partition coefficient (Wildman–Crippen LogP) is -4.45. The highest BCUT2D eigenvalue weighted by atomic mass is 16.4. The molecule has 318 valence electrons. The molecular formula is C34H63N13O9. The van der Waals surface area contributed by atoms with Gasteiger partial charge in [-0.2, -0.15) is 0 Å². The van der Waals surface area contributed by atoms with E-state index < -0.39 is 84.9 Å². The molecule has 1 rings (SSSR count). The first-order valence-electron chi connectivity index (χ1n) is 18.8. The molecule has 0 bridgehead atoms. The molecule has 0 aromatic carbocycles. The van der Waals surface area contributed by atoms with Gasteiger partial charge in [0.2, 0.25) is 35.4 Å². The lowest BCUT2D eigenvalue weighted by atomic mass is 10.00. The first-order chi connectivity index (χ1) is 26.3. The Morgan fingerprint density at radius 3 is 1.64 bits per heavy atom. The Bertz CT molecular complexity index is 1380. The summed E-state index contributed by atoms with van der Waals surface area (Å²) < 4.78 is 0. The molecule has 0 unspecified atom stereocenters. The van der Waals surface area contributed by atoms with Crippen LogP contribution in [0, 0.1) is 11.8 Å². The first-order valence-corrected chi connectivity index (χ1v) is 18.8. The maximum absolute atomic E-state index is 13.6. The van der Waals surface area contributed by atoms with E-state index in [-0.39, 0.29) is 74.9 Å². The summed E-state index contributed by atoms with van der Waals surface area (Å²) in [4.78, 5) is 98.4. The molecule has 1 saturated heterocycles. The fraction of sp³-hybridized carbons (Fsp3) is 0.735. The number of carboxylic acids is 1. The molecule has 0 radical (unpaired) electrons. The molecule has 17 N–H and O–H groups in total. The minimum absolute atomic E-state index is 0.0374. The Hall–Kier alpha value is -5.25. The molecule has 6 atom stereocenters. The third kappa shape index (κ3) is 19.9. The average Bonchev–Trinajstić information content (AvgIpc) is 3.66. The number of aliphatic hydroxyl groups excluding tert-OH is 1. The summed E-state index contributed by atoms with van der Waals surface area (Å²) in [5.41, 5.74) is 21.5. The largest absolute Gasteiger partial charge is 0.480 e. The lowest BCUT2D eigenvalue weighted by Gasteiger charge is -2.27. The number of amides is 6. The molecule has 1 fully saturated rings. The van der Waals surface area contributed by atoms with E-state index in [4.69, 9.17) is 22.9 Å². The van der Waals surface area contributed by atoms with Crippen molar-refractivity contribution in [3.8, 4) is 0 Å². The van der Waals surface area contributed by atoms with Crippen LogP contribution < -0.4 is 60.2 Å². The minimum Gasteiger partial charge on any atom is -0.480 e. The van der Waals surface area contributed by atoms with Crippen molar-refractivity contribution in [2.75, 3.05) is 32.8 Å². The van der Waals surface area contributed by atoms with Crippen LogP contribution >= 0.6 is 0 Å². The number of nitrogens with zero attached hydrogens (tertiary/aromatic N) is 2. The van der Waals surface area contributed by atoms with E-state index in [2.05, 4.69) is 47.2 Å². The maximum Gasteiger partial charge on any atom is 0.326 e. The molecule has 22 nitrogen and oxygen atoms in total. The smallest absolute Gasteiger partial charge is 0.326 e. The second kappa shape index (κ2) is 25.8. The average molecular weight is 798 g/mol. The summed E-state index contributed by atoms with van der Waals surface area (Å²) in [5.74, 6) is -6.13. The van der Waals surface area contributed by atoms with Gasteiger partial charge < -0.3 is 70.4 Å². The minimum atomic E-state index is -1.57. The Morgan fingerprint density at radius 2 is 1.16 bits per heavy atom. The molecule has 6 amide bonds. The number of carboxylic acid groups (broad SMARTS) is 1. The van der Waals surface area contributed by atoms with E-state index in [1.807, 2.05) is 0 Å². The lowest BCUT2D eigenvalue weighted by molar-refractivity contribution is -0.143. The summed E-state index contributed by atoms with van der Waals surface area (Å²) in [6.45, 7) is 6.63. The van der Waals surface area contributed by atoms with Gasteiger partial charge in [0.15, 0.2) is 11.9 Å². The van der Waals surface area contributed by atoms with Crippen molar-refractivity contribution in [1.29, 1.82) is 0 Å². The van der Waals surface area contributed by atoms with Crippen LogP contribution in [-0.4, -0.2) is 133 Å². The monoisotopic (exact) mass is 797 g/mol. The van der Waals surface area contributed by atoms with Gasteiger partial charge in [-0.05, 0) is 69.7 Å². The van der Waals surface area contributed by atoms with Gasteiger partial charge >= 0.3 is 5.97 Å². The fourth-order valence-electron chi connectivity index (χ4n) is 5.67. The van der Waals surface area contributed by atoms with Crippen LogP contribution in [0.25, 0.3) is 0 Å². The molecule has 0 spiro atoms. The summed E-state index contributed by atoms with van der Waals surface area (Å²) in [6.07, 6.45) is 2.32. The highest BCUT2D eigenvalue weighted by Gasteiger charge is 2.32. The van der Waals surface area contributed by atoms with Crippen molar-refractivity contribution in [3.63, 3.8) is 0 Å². The van der Waals surface area contributed by atoms with Crippen molar-refractivity contribution in [1.82, 2.24) is 37.2 Å². The molecule has 1 aliphatic rings. The normalized spacial score (nSPS) is 16.3. The molecule has 1 heterocycles. The molecule has 22 heteroatoms. The van der Waals surface area contributed by atoms with Gasteiger partial charge in [-0.25, -0.2) is 4.79 Å². The van der Waals surface area contributed by atoms with Crippen LogP contribution in [0.5, 0.6) is 0 Å². The molecule has 0 aromatic heterocycles. The van der Waals surface area contributed by atoms with Gasteiger partial charge in [0, 0.05) is 13.1 Å². The Kier molecular flexibility index (Phi) is 22.4. The highest BCUT2D eigenvalue weighted by Crippen LogP contribution is 2.11. The summed E-state index contributed by atoms with van der Waals surface area (Å²) >= 11 is 0. The number of carbonyl (C=O) groups is 7. The van der Waals surface area contributed by atoms with Crippen LogP contribution in [0.15, 0.2) is 9.98 Å². The number of hydrogen-bond donors (Lipinski definition) is 13. The third-order valence-electron chi connectivity index (χ3n) is 8.45. The first kappa shape index (κ1) is 48.8. The Morgan fingerprint density at radius 1 is 0.679 bits per heavy atom. The lowest BCUT2D eigenvalue weighted by Crippen LogP contribution is -2.59. The number of nitrogens with one attached hydrogen (secondary N) is 7. The standard InChI is InChI=1S/C34H63N13O9/c1-18(2)14-23(30(53)47-24(32(55)56)15-19(3)4)46-29(52)22(10-7-13-41-34(37)38)45-31(54)25(17-48)43-26(49)16-42-27(50)21(9-6-12-40-33(35)36)44-28(51)20-8-5-11-39-20/h18-25,39,48H,5-17H2,1-4H3,(H,42,50)(H,43,49)(H,44,51)(H,45,54)(H,46,52)(H,47,53)(H,55,56)(H4,35,36,40)(H4,37,38,41)/t20-,21-,22-,23-,24-,25-/m0/s1. The van der Waals surface area contributed by atoms with E-state index in [1.165, 1.54) is 0 Å². The van der Waals surface area contributed by atoms with Gasteiger partial charge in [-0.1, -0.05) is 27.7 Å². The van der Waals surface area contributed by atoms with Gasteiger partial charge in [-0.15, -0.1) is 0 Å². The number of aliphatic hydroxyl groups is 1. The molecule has 0 aromatic rings. The van der Waals surface area contributed by atoms with Gasteiger partial charge in [0.1, 0.15) is 30.2 Å². The number of guanidine groups is 2. The summed E-state index contributed by atoms with van der Waals surface area (Å²) in [7, 11) is 0. The van der Waals surface area contributed by atoms with Crippen molar-refractivity contribution < 1.29 is 43.8 Å². The van der Waals surface area contributed by atoms with E-state index in [9.17, 15) is 43.8 Å². The van der Waals surface area contributed by atoms with Crippen LogP contribution in [0.2, 0.25) is 0 Å². The zero-order chi connectivity index (χ0) is 42.4. The van der Waals surface area contributed by atoms with Gasteiger partial charge in [0.25, 0.3) is 0 Å².